The summed E-state index contributed by atoms with van der Waals surface area (Å²) < 4.78 is 25.2. The minimum absolute atomic E-state index is 0. The summed E-state index contributed by atoms with van der Waals surface area (Å²) in [4.78, 5) is 14.0. The molecular weight excluding hydrogens is 328 g/mol. The third-order valence-electron chi connectivity index (χ3n) is 3.60. The van der Waals surface area contributed by atoms with Gasteiger partial charge >= 0.3 is 0 Å². The molecule has 0 atom stereocenters. The Balaban J connectivity index is 0.00000441. The Hall–Kier alpha value is -0.410. The first-order valence-corrected chi connectivity index (χ1v) is 9.28. The van der Waals surface area contributed by atoms with Gasteiger partial charge in [0.25, 0.3) is 0 Å². The van der Waals surface area contributed by atoms with Gasteiger partial charge < -0.3 is 15.5 Å². The van der Waals surface area contributed by atoms with Crippen molar-refractivity contribution >= 4 is 28.3 Å². The van der Waals surface area contributed by atoms with E-state index >= 15 is 0 Å². The molecule has 2 N–H and O–H groups in total. The fourth-order valence-corrected chi connectivity index (χ4v) is 3.79. The molecule has 22 heavy (non-hydrogen) atoms. The molecule has 1 fully saturated rings. The lowest BCUT2D eigenvalue weighted by molar-refractivity contribution is -0.118. The van der Waals surface area contributed by atoms with Crippen molar-refractivity contribution in [1.29, 1.82) is 0 Å². The van der Waals surface area contributed by atoms with Crippen LogP contribution in [0.2, 0.25) is 0 Å². The lowest BCUT2D eigenvalue weighted by Crippen LogP contribution is -2.44. The van der Waals surface area contributed by atoms with E-state index in [-0.39, 0.29) is 12.4 Å². The molecule has 1 saturated heterocycles. The number of piperazine rings is 1. The minimum Gasteiger partial charge on any atom is -0.355 e. The van der Waals surface area contributed by atoms with E-state index in [0.717, 1.165) is 39.1 Å². The molecule has 0 saturated carbocycles. The molecule has 7 nitrogen and oxygen atoms in total. The minimum atomic E-state index is -3.48. The molecule has 1 aliphatic rings. The predicted molar refractivity (Wildman–Crippen MR) is 90.9 cm³/mol. The van der Waals surface area contributed by atoms with E-state index < -0.39 is 21.7 Å². The number of hydrogen-bond acceptors (Lipinski definition) is 5. The van der Waals surface area contributed by atoms with Crippen molar-refractivity contribution in [3.8, 4) is 0 Å². The number of nitrogens with one attached hydrogen (secondary N) is 2. The van der Waals surface area contributed by atoms with Crippen molar-refractivity contribution in [2.75, 3.05) is 58.1 Å². The number of carbonyl (C=O) groups excluding carboxylic acids is 1. The van der Waals surface area contributed by atoms with E-state index in [1.165, 1.54) is 4.31 Å². The summed E-state index contributed by atoms with van der Waals surface area (Å²) in [6.45, 7) is 9.88. The molecule has 1 aliphatic heterocycles. The van der Waals surface area contributed by atoms with Crippen LogP contribution < -0.4 is 10.6 Å². The first-order valence-electron chi connectivity index (χ1n) is 7.67. The topological polar surface area (TPSA) is 81.8 Å². The number of nitrogens with zero attached hydrogens (tertiary/aromatic N) is 2. The van der Waals surface area contributed by atoms with Crippen LogP contribution in [0, 0.1) is 0 Å². The summed E-state index contributed by atoms with van der Waals surface area (Å²) in [7, 11) is -3.48. The number of carbonyl (C=O) groups is 1. The molecule has 132 valence electrons. The van der Waals surface area contributed by atoms with E-state index in [1.54, 1.807) is 13.8 Å². The van der Waals surface area contributed by atoms with Crippen LogP contribution in [0.25, 0.3) is 0 Å². The van der Waals surface area contributed by atoms with E-state index in [1.807, 2.05) is 0 Å². The smallest absolute Gasteiger partial charge is 0.236 e. The van der Waals surface area contributed by atoms with E-state index in [0.29, 0.717) is 19.6 Å². The number of sulfonamides is 1. The predicted octanol–water partition coefficient (Wildman–Crippen LogP) is -0.509. The van der Waals surface area contributed by atoms with Crippen molar-refractivity contribution < 1.29 is 13.2 Å². The second-order valence-electron chi connectivity index (χ2n) is 5.14. The van der Waals surface area contributed by atoms with Gasteiger partial charge in [0.1, 0.15) is 5.75 Å². The third kappa shape index (κ3) is 7.73. The Morgan fingerprint density at radius 2 is 1.82 bits per heavy atom. The van der Waals surface area contributed by atoms with E-state index in [2.05, 4.69) is 15.5 Å². The van der Waals surface area contributed by atoms with Crippen LogP contribution in [-0.4, -0.2) is 81.6 Å². The lowest BCUT2D eigenvalue weighted by atomic mass is 10.3. The Labute approximate surface area is 140 Å². The SMILES string of the molecule is CCN(CC)S(=O)(=O)CC(=O)NCCCN1CCNCC1.Cl. The Bertz CT molecular complexity index is 410. The van der Waals surface area contributed by atoms with Gasteiger partial charge in [-0.05, 0) is 13.0 Å². The van der Waals surface area contributed by atoms with Gasteiger partial charge in [0.2, 0.25) is 15.9 Å². The summed E-state index contributed by atoms with van der Waals surface area (Å²) in [6.07, 6.45) is 0.844. The quantitative estimate of drug-likeness (QED) is 0.544. The molecule has 0 unspecified atom stereocenters. The molecular formula is C13H29ClN4O3S. The second kappa shape index (κ2) is 11.2. The normalized spacial score (nSPS) is 16.3. The second-order valence-corrected chi connectivity index (χ2v) is 7.10. The highest BCUT2D eigenvalue weighted by Crippen LogP contribution is 2.00. The molecule has 1 amide bonds. The molecule has 1 rings (SSSR count). The van der Waals surface area contributed by atoms with Crippen LogP contribution in [0.4, 0.5) is 0 Å². The molecule has 0 spiro atoms. The molecule has 1 heterocycles. The average molecular weight is 357 g/mol. The summed E-state index contributed by atoms with van der Waals surface area (Å²) in [5.41, 5.74) is 0. The number of amides is 1. The highest BCUT2D eigenvalue weighted by Gasteiger charge is 2.22. The largest absolute Gasteiger partial charge is 0.355 e. The standard InChI is InChI=1S/C13H28N4O3S.ClH/c1-3-17(4-2)21(19,20)12-13(18)15-6-5-9-16-10-7-14-8-11-16;/h14H,3-12H2,1-2H3,(H,15,18);1H. The van der Waals surface area contributed by atoms with Crippen LogP contribution in [0.5, 0.6) is 0 Å². The number of halogens is 1. The third-order valence-corrected chi connectivity index (χ3v) is 5.53. The van der Waals surface area contributed by atoms with Crippen LogP contribution in [0.3, 0.4) is 0 Å². The van der Waals surface area contributed by atoms with Crippen LogP contribution in [-0.2, 0) is 14.8 Å². The van der Waals surface area contributed by atoms with Gasteiger partial charge in [-0.15, -0.1) is 12.4 Å². The maximum atomic E-state index is 11.9. The fourth-order valence-electron chi connectivity index (χ4n) is 2.39. The molecule has 0 aromatic heterocycles. The van der Waals surface area contributed by atoms with Gasteiger partial charge in [0, 0.05) is 45.8 Å². The van der Waals surface area contributed by atoms with Crippen LogP contribution in [0.1, 0.15) is 20.3 Å². The fraction of sp³-hybridized carbons (Fsp3) is 0.923. The van der Waals surface area contributed by atoms with Gasteiger partial charge in [-0.25, -0.2) is 12.7 Å². The van der Waals surface area contributed by atoms with Crippen molar-refractivity contribution in [3.05, 3.63) is 0 Å². The molecule has 0 radical (unpaired) electrons. The van der Waals surface area contributed by atoms with Gasteiger partial charge in [-0.1, -0.05) is 13.8 Å². The van der Waals surface area contributed by atoms with Crippen LogP contribution >= 0.6 is 12.4 Å². The maximum Gasteiger partial charge on any atom is 0.236 e. The average Bonchev–Trinajstić information content (AvgIpc) is 2.45. The highest BCUT2D eigenvalue weighted by molar-refractivity contribution is 7.89. The molecule has 9 heteroatoms. The Morgan fingerprint density at radius 1 is 1.23 bits per heavy atom. The Kier molecular flexibility index (Phi) is 11.0. The monoisotopic (exact) mass is 356 g/mol. The van der Waals surface area contributed by atoms with Gasteiger partial charge in [0.05, 0.1) is 0 Å². The molecule has 0 aliphatic carbocycles. The van der Waals surface area contributed by atoms with E-state index in [4.69, 9.17) is 0 Å². The van der Waals surface area contributed by atoms with Crippen molar-refractivity contribution in [3.63, 3.8) is 0 Å². The zero-order valence-corrected chi connectivity index (χ0v) is 15.1. The molecule has 0 aromatic carbocycles. The zero-order chi connectivity index (χ0) is 15.7. The van der Waals surface area contributed by atoms with Crippen LogP contribution in [0.15, 0.2) is 0 Å². The summed E-state index contributed by atoms with van der Waals surface area (Å²) >= 11 is 0. The first-order chi connectivity index (χ1) is 9.99. The van der Waals surface area contributed by atoms with Gasteiger partial charge in [-0.3, -0.25) is 4.79 Å². The zero-order valence-electron chi connectivity index (χ0n) is 13.5. The summed E-state index contributed by atoms with van der Waals surface area (Å²) in [5, 5.41) is 5.98. The lowest BCUT2D eigenvalue weighted by Gasteiger charge is -2.27. The van der Waals surface area contributed by atoms with Crippen molar-refractivity contribution in [1.82, 2.24) is 19.8 Å². The first kappa shape index (κ1) is 21.6. The number of rotatable bonds is 9. The summed E-state index contributed by atoms with van der Waals surface area (Å²) in [6, 6.07) is 0. The maximum absolute atomic E-state index is 11.9. The van der Waals surface area contributed by atoms with E-state index in [9.17, 15) is 13.2 Å². The van der Waals surface area contributed by atoms with Gasteiger partial charge in [-0.2, -0.15) is 0 Å². The van der Waals surface area contributed by atoms with Crippen molar-refractivity contribution in [2.45, 2.75) is 20.3 Å². The summed E-state index contributed by atoms with van der Waals surface area (Å²) in [5.74, 6) is -0.871. The highest BCUT2D eigenvalue weighted by atomic mass is 35.5. The van der Waals surface area contributed by atoms with Gasteiger partial charge in [0.15, 0.2) is 0 Å². The molecule has 0 aromatic rings. The number of hydrogen-bond donors (Lipinski definition) is 2. The Morgan fingerprint density at radius 3 is 2.36 bits per heavy atom. The van der Waals surface area contributed by atoms with Crippen molar-refractivity contribution in [2.24, 2.45) is 0 Å². The molecule has 0 bridgehead atoms.